The van der Waals surface area contributed by atoms with Gasteiger partial charge in [-0.2, -0.15) is 0 Å². The van der Waals surface area contributed by atoms with Crippen LogP contribution in [0.2, 0.25) is 0 Å². The van der Waals surface area contributed by atoms with E-state index in [1.54, 1.807) is 36.4 Å². The van der Waals surface area contributed by atoms with E-state index < -0.39 is 93.7 Å². The third kappa shape index (κ3) is 17.1. The van der Waals surface area contributed by atoms with Crippen molar-refractivity contribution in [3.63, 3.8) is 0 Å². The van der Waals surface area contributed by atoms with E-state index in [0.717, 1.165) is 18.9 Å². The molecular weight excluding hydrogens is 1100 g/mol. The van der Waals surface area contributed by atoms with Gasteiger partial charge in [0.05, 0.1) is 18.1 Å². The van der Waals surface area contributed by atoms with Gasteiger partial charge in [-0.05, 0) is 100 Å². The number of hydroxylamine groups is 2. The molecule has 6 amide bonds. The molecule has 0 saturated carbocycles. The van der Waals surface area contributed by atoms with Crippen molar-refractivity contribution in [2.45, 2.75) is 37.8 Å². The summed E-state index contributed by atoms with van der Waals surface area (Å²) in [5.41, 5.74) is 0.891. The van der Waals surface area contributed by atoms with E-state index in [2.05, 4.69) is 48.7 Å². The molecule has 60 heavy (non-hydrogen) atoms. The Morgan fingerprint density at radius 1 is 0.800 bits per heavy atom. The number of anilines is 1. The maximum atomic E-state index is 12.6. The molecule has 0 bridgehead atoms. The summed E-state index contributed by atoms with van der Waals surface area (Å²) in [5, 5.41) is 31.4. The van der Waals surface area contributed by atoms with Crippen molar-refractivity contribution in [1.29, 1.82) is 0 Å². The second kappa shape index (κ2) is 25.2. The molecule has 1 aliphatic heterocycles. The monoisotopic (exact) mass is 1130 g/mol. The molecule has 1 heterocycles. The molecule has 2 atom stereocenters. The Bertz CT molecular complexity index is 2030. The minimum atomic E-state index is -3.04. The van der Waals surface area contributed by atoms with Crippen LogP contribution in [-0.2, 0) is 43.3 Å². The van der Waals surface area contributed by atoms with Gasteiger partial charge in [-0.15, -0.1) is 5.06 Å². The molecule has 1 saturated heterocycles. The number of carboxylic acids is 1. The molecule has 0 radical (unpaired) electrons. The Morgan fingerprint density at radius 3 is 1.90 bits per heavy atom. The third-order valence-corrected chi connectivity index (χ3v) is 11.7. The number of hydrogen-bond donors (Lipinski definition) is 6. The molecule has 1 aliphatic rings. The van der Waals surface area contributed by atoms with Crippen molar-refractivity contribution in [2.24, 2.45) is 0 Å². The first-order chi connectivity index (χ1) is 28.5. The van der Waals surface area contributed by atoms with E-state index in [1.807, 2.05) is 22.6 Å². The molecule has 3 aromatic rings. The Kier molecular flexibility index (Phi) is 20.9. The summed E-state index contributed by atoms with van der Waals surface area (Å²) in [7, 11) is 0. The van der Waals surface area contributed by atoms with Gasteiger partial charge in [0.1, 0.15) is 6.04 Å². The Hall–Kier alpha value is -4.66. The van der Waals surface area contributed by atoms with Crippen molar-refractivity contribution in [2.75, 3.05) is 23.4 Å². The summed E-state index contributed by atoms with van der Waals surface area (Å²) < 4.78 is 20.8. The third-order valence-electron chi connectivity index (χ3n) is 7.66. The second-order valence-electron chi connectivity index (χ2n) is 12.1. The quantitative estimate of drug-likeness (QED) is 0.0262. The number of rotatable bonds is 18. The minimum Gasteiger partial charge on any atom is -0.662 e. The fourth-order valence-electron chi connectivity index (χ4n) is 4.68. The van der Waals surface area contributed by atoms with Gasteiger partial charge in [0.15, 0.2) is 0 Å². The van der Waals surface area contributed by atoms with Crippen LogP contribution in [0.3, 0.4) is 0 Å². The number of nitrogens with one attached hydrogen (secondary N) is 4. The summed E-state index contributed by atoms with van der Waals surface area (Å²) >= 11 is 2.05. The van der Waals surface area contributed by atoms with Gasteiger partial charge in [-0.1, -0.05) is 0 Å². The molecule has 320 valence electrons. The van der Waals surface area contributed by atoms with Crippen LogP contribution in [0.1, 0.15) is 46.4 Å². The average Bonchev–Trinajstić information content (AvgIpc) is 3.53. The summed E-state index contributed by atoms with van der Waals surface area (Å²) in [6.07, 6.45) is -0.609. The Balaban J connectivity index is 0.000000466. The Labute approximate surface area is 377 Å². The number of hydrogen-bond acceptors (Lipinski definition) is 16. The first-order valence-electron chi connectivity index (χ1n) is 17.1. The maximum absolute atomic E-state index is 12.6. The molecule has 6 N–H and O–H groups in total. The van der Waals surface area contributed by atoms with Gasteiger partial charge in [-0.3, -0.25) is 24.0 Å². The normalized spacial score (nSPS) is 12.9. The van der Waals surface area contributed by atoms with E-state index >= 15 is 0 Å². The molecule has 24 heteroatoms. The predicted octanol–water partition coefficient (Wildman–Crippen LogP) is -2.10. The van der Waals surface area contributed by atoms with Crippen LogP contribution in [0.5, 0.6) is 0 Å². The molecule has 0 aliphatic carbocycles. The number of aliphatic carboxylic acids is 1. The van der Waals surface area contributed by atoms with Crippen molar-refractivity contribution < 1.29 is 71.4 Å². The number of carbonyl (C=O) groups is 9. The molecule has 4 rings (SSSR count). The number of carbonyl (C=O) groups excluding carboxylic acids is 9. The number of imide groups is 1. The van der Waals surface area contributed by atoms with Crippen molar-refractivity contribution in [1.82, 2.24) is 21.0 Å². The van der Waals surface area contributed by atoms with Crippen LogP contribution in [0, 0.1) is 7.14 Å². The Morgan fingerprint density at radius 2 is 1.37 bits per heavy atom. The van der Waals surface area contributed by atoms with Crippen molar-refractivity contribution >= 4 is 136 Å². The zero-order valence-electron chi connectivity index (χ0n) is 30.8. The van der Waals surface area contributed by atoms with Gasteiger partial charge in [0.25, 0.3) is 17.7 Å². The molecule has 0 aromatic heterocycles. The summed E-state index contributed by atoms with van der Waals surface area (Å²) in [6, 6.07) is 16.1. The van der Waals surface area contributed by atoms with Gasteiger partial charge in [0.2, 0.25) is 0 Å². The minimum absolute atomic E-state index is 0.0960. The number of carboxylic acid groups (broad SMARTS) is 1. The number of benzene rings is 3. The molecule has 20 nitrogen and oxygen atoms in total. The van der Waals surface area contributed by atoms with E-state index in [9.17, 15) is 61.7 Å². The van der Waals surface area contributed by atoms with E-state index in [1.165, 1.54) is 36.4 Å². The summed E-state index contributed by atoms with van der Waals surface area (Å²) in [4.78, 5) is 115. The number of halogens is 2. The number of nitrogens with zero attached hydrogens (tertiary/aromatic N) is 1. The first-order valence-corrected chi connectivity index (χ1v) is 23.1. The molecule has 3 aromatic carbocycles. The van der Waals surface area contributed by atoms with Crippen molar-refractivity contribution in [3.05, 3.63) is 91.1 Å². The number of thioether (sulfide) groups is 1. The van der Waals surface area contributed by atoms with Crippen molar-refractivity contribution in [3.8, 4) is 0 Å². The second-order valence-corrected chi connectivity index (χ2v) is 17.9. The van der Waals surface area contributed by atoms with Gasteiger partial charge >= 0.3 is 142 Å². The van der Waals surface area contributed by atoms with E-state index in [-0.39, 0.29) is 36.3 Å². The van der Waals surface area contributed by atoms with E-state index in [0.29, 0.717) is 20.7 Å². The molecule has 1 fully saturated rings. The van der Waals surface area contributed by atoms with Crippen LogP contribution in [0.4, 0.5) is 5.69 Å². The predicted molar refractivity (Wildman–Crippen MR) is 224 cm³/mol. The molecular formula is C36H34AsI2N5O15S-2. The smallest absolute Gasteiger partial charge is 0.662 e. The van der Waals surface area contributed by atoms with Crippen LogP contribution in [0.15, 0.2) is 72.8 Å². The number of amides is 6. The molecule has 0 spiro atoms. The van der Waals surface area contributed by atoms with Gasteiger partial charge < -0.3 is 30.2 Å². The topological polar surface area (TPSA) is 310 Å². The summed E-state index contributed by atoms with van der Waals surface area (Å²) in [6.45, 7) is -0.833. The fraction of sp³-hybridized carbons (Fsp3) is 0.250. The van der Waals surface area contributed by atoms with Crippen LogP contribution >= 0.6 is 56.9 Å². The molecule has 0 unspecified atom stereocenters. The standard InChI is InChI=1S/C25H28AsIN4O11S.C11H8INO4/c27-16-5-1-14(2-6-16)23(36)31-18(25(38)42-41)9-10-20(32)30-19(24(37)28-11-22(34)35)12-43-13-21(33)29-17-7-3-15(4-8-17)26(39)40;12-8-3-1-7(2-4-8)11(16)17-13-9(14)5-6-10(13)15/h1-8,18-19,39-41H,9-13H2,(H,28,37)(H,29,33)(H,30,32)(H,31,36)(H,34,35);1-4H,5-6H2/p-2/t18-,19-;/m0./s1/i27-4;12-4. The average molecular weight is 1130 g/mol. The van der Waals surface area contributed by atoms with E-state index in [4.69, 9.17) is 4.84 Å². The van der Waals surface area contributed by atoms with Crippen LogP contribution in [0.25, 0.3) is 0 Å². The zero-order valence-corrected chi connectivity index (χ0v) is 37.8. The van der Waals surface area contributed by atoms with Gasteiger partial charge in [-0.25, -0.2) is 4.79 Å². The summed E-state index contributed by atoms with van der Waals surface area (Å²) in [5.74, 6) is -7.70. The first kappa shape index (κ1) is 49.7. The zero-order chi connectivity index (χ0) is 44.4. The SMILES string of the molecule is O=C(ON1C(=O)CCC1=O)c1ccc([123I])cc1.O=C([O-])CNC(=O)[C@H](CSCC(=O)Nc1ccc([As](O)O)cc1)NC(=O)CC[C@H](NC(=O)c1ccc([123I])cc1)C(=O)O[O-]. The fourth-order valence-corrected chi connectivity index (χ4v) is 7.12. The van der Waals surface area contributed by atoms with Gasteiger partial charge in [0, 0.05) is 32.0 Å². The van der Waals surface area contributed by atoms with Crippen LogP contribution in [-0.4, -0.2) is 112 Å². The van der Waals surface area contributed by atoms with Crippen LogP contribution < -0.4 is 36.0 Å².